The Labute approximate surface area is 128 Å². The van der Waals surface area contributed by atoms with Crippen LogP contribution in [0.2, 0.25) is 0 Å². The summed E-state index contributed by atoms with van der Waals surface area (Å²) in [5.74, 6) is 1.12. The molecule has 3 saturated carbocycles. The van der Waals surface area contributed by atoms with Crippen molar-refractivity contribution in [1.82, 2.24) is 10.2 Å². The largest absolute Gasteiger partial charge is 0.480 e. The van der Waals surface area contributed by atoms with E-state index in [9.17, 15) is 4.79 Å². The van der Waals surface area contributed by atoms with Crippen LogP contribution in [0, 0.1) is 11.8 Å². The summed E-state index contributed by atoms with van der Waals surface area (Å²) in [5.41, 5.74) is 0. The molecule has 0 saturated heterocycles. The third-order valence-corrected chi connectivity index (χ3v) is 5.38. The number of carbonyl (C=O) groups is 1. The van der Waals surface area contributed by atoms with Gasteiger partial charge in [0.1, 0.15) is 0 Å². The molecule has 3 aliphatic rings. The molecule has 1 unspecified atom stereocenters. The predicted molar refractivity (Wildman–Crippen MR) is 83.3 cm³/mol. The van der Waals surface area contributed by atoms with E-state index in [0.29, 0.717) is 18.1 Å². The van der Waals surface area contributed by atoms with Gasteiger partial charge in [0.15, 0.2) is 0 Å². The molecule has 3 aliphatic carbocycles. The maximum Gasteiger partial charge on any atom is 0.317 e. The van der Waals surface area contributed by atoms with Crippen LogP contribution in [0.25, 0.3) is 0 Å². The number of nitrogens with zero attached hydrogens (tertiary/aromatic N) is 1. The third kappa shape index (κ3) is 4.96. The third-order valence-electron chi connectivity index (χ3n) is 5.38. The molecule has 4 nitrogen and oxygen atoms in total. The van der Waals surface area contributed by atoms with Crippen LogP contribution < -0.4 is 5.32 Å². The van der Waals surface area contributed by atoms with Crippen molar-refractivity contribution in [3.63, 3.8) is 0 Å². The van der Waals surface area contributed by atoms with Crippen LogP contribution >= 0.6 is 0 Å². The van der Waals surface area contributed by atoms with Crippen molar-refractivity contribution in [2.75, 3.05) is 13.1 Å². The van der Waals surface area contributed by atoms with Crippen LogP contribution in [0.4, 0.5) is 0 Å². The van der Waals surface area contributed by atoms with E-state index in [1.807, 2.05) is 0 Å². The summed E-state index contributed by atoms with van der Waals surface area (Å²) >= 11 is 0. The van der Waals surface area contributed by atoms with Crippen LogP contribution in [0.15, 0.2) is 0 Å². The van der Waals surface area contributed by atoms with E-state index < -0.39 is 5.97 Å². The summed E-state index contributed by atoms with van der Waals surface area (Å²) in [4.78, 5) is 13.2. The Bertz CT molecular complexity index is 360. The summed E-state index contributed by atoms with van der Waals surface area (Å²) in [6, 6.07) is 1.72. The first-order valence-corrected chi connectivity index (χ1v) is 8.82. The van der Waals surface area contributed by atoms with Gasteiger partial charge in [-0.2, -0.15) is 0 Å². The average molecular weight is 294 g/mol. The predicted octanol–water partition coefficient (Wildman–Crippen LogP) is 2.48. The van der Waals surface area contributed by atoms with Crippen LogP contribution in [0.3, 0.4) is 0 Å². The normalized spacial score (nSPS) is 30.2. The van der Waals surface area contributed by atoms with Crippen LogP contribution in [-0.2, 0) is 4.79 Å². The van der Waals surface area contributed by atoms with Gasteiger partial charge < -0.3 is 10.4 Å². The first kappa shape index (κ1) is 15.3. The van der Waals surface area contributed by atoms with Gasteiger partial charge in [-0.15, -0.1) is 0 Å². The lowest BCUT2D eigenvalue weighted by Gasteiger charge is -2.44. The zero-order chi connectivity index (χ0) is 14.8. The molecule has 0 aromatic rings. The molecule has 0 radical (unpaired) electrons. The van der Waals surface area contributed by atoms with Crippen molar-refractivity contribution in [2.24, 2.45) is 11.8 Å². The second-order valence-electron chi connectivity index (χ2n) is 7.68. The van der Waals surface area contributed by atoms with E-state index in [4.69, 9.17) is 5.11 Å². The van der Waals surface area contributed by atoms with Crippen molar-refractivity contribution < 1.29 is 9.90 Å². The minimum atomic E-state index is -0.676. The molecule has 120 valence electrons. The minimum Gasteiger partial charge on any atom is -0.480 e. The number of carboxylic acid groups (broad SMARTS) is 1. The molecule has 21 heavy (non-hydrogen) atoms. The Hall–Kier alpha value is -0.610. The van der Waals surface area contributed by atoms with E-state index in [2.05, 4.69) is 17.1 Å². The van der Waals surface area contributed by atoms with E-state index in [1.165, 1.54) is 38.5 Å². The summed E-state index contributed by atoms with van der Waals surface area (Å²) < 4.78 is 0. The lowest BCUT2D eigenvalue weighted by atomic mass is 9.84. The van der Waals surface area contributed by atoms with Gasteiger partial charge in [0.2, 0.25) is 0 Å². The smallest absolute Gasteiger partial charge is 0.317 e. The average Bonchev–Trinajstić information content (AvgIpc) is 3.22. The summed E-state index contributed by atoms with van der Waals surface area (Å²) in [7, 11) is 0. The Morgan fingerprint density at radius 1 is 1.24 bits per heavy atom. The number of hydrogen-bond donors (Lipinski definition) is 2. The number of rotatable bonds is 10. The number of aliphatic carboxylic acids is 1. The van der Waals surface area contributed by atoms with Crippen LogP contribution in [0.5, 0.6) is 0 Å². The van der Waals surface area contributed by atoms with Gasteiger partial charge in [0.05, 0.1) is 6.54 Å². The van der Waals surface area contributed by atoms with E-state index in [0.717, 1.165) is 31.2 Å². The van der Waals surface area contributed by atoms with E-state index in [-0.39, 0.29) is 6.54 Å². The molecule has 0 bridgehead atoms. The van der Waals surface area contributed by atoms with Crippen LogP contribution in [0.1, 0.15) is 58.3 Å². The SMILES string of the molecule is CC(CCC1CC1)NC1CC(N(CC(=O)O)CC2CC2)C1. The Balaban J connectivity index is 1.34. The van der Waals surface area contributed by atoms with Crippen molar-refractivity contribution in [3.05, 3.63) is 0 Å². The standard InChI is InChI=1S/C17H30N2O2/c1-12(2-3-13-4-5-13)18-15-8-16(9-15)19(11-17(20)21)10-14-6-7-14/h12-16,18H,2-11H2,1H3,(H,20,21). The van der Waals surface area contributed by atoms with Crippen LogP contribution in [-0.4, -0.2) is 47.2 Å². The van der Waals surface area contributed by atoms with Gasteiger partial charge in [-0.1, -0.05) is 12.8 Å². The van der Waals surface area contributed by atoms with Gasteiger partial charge in [-0.3, -0.25) is 9.69 Å². The molecule has 0 aliphatic heterocycles. The fraction of sp³-hybridized carbons (Fsp3) is 0.941. The Morgan fingerprint density at radius 3 is 2.48 bits per heavy atom. The van der Waals surface area contributed by atoms with E-state index >= 15 is 0 Å². The molecule has 0 amide bonds. The van der Waals surface area contributed by atoms with Gasteiger partial charge in [0.25, 0.3) is 0 Å². The second-order valence-corrected chi connectivity index (χ2v) is 7.68. The van der Waals surface area contributed by atoms with Crippen molar-refractivity contribution in [3.8, 4) is 0 Å². The van der Waals surface area contributed by atoms with Gasteiger partial charge in [-0.25, -0.2) is 0 Å². The summed E-state index contributed by atoms with van der Waals surface area (Å²) in [6.45, 7) is 3.53. The van der Waals surface area contributed by atoms with Gasteiger partial charge >= 0.3 is 5.97 Å². The van der Waals surface area contributed by atoms with Crippen molar-refractivity contribution in [1.29, 1.82) is 0 Å². The summed E-state index contributed by atoms with van der Waals surface area (Å²) in [6.07, 6.45) is 10.4. The lowest BCUT2D eigenvalue weighted by molar-refractivity contribution is -0.139. The first-order chi connectivity index (χ1) is 10.1. The number of carboxylic acids is 1. The molecule has 3 rings (SSSR count). The Kier molecular flexibility index (Phi) is 4.85. The van der Waals surface area contributed by atoms with Gasteiger partial charge in [-0.05, 0) is 57.3 Å². The topological polar surface area (TPSA) is 52.6 Å². The number of hydrogen-bond acceptors (Lipinski definition) is 3. The summed E-state index contributed by atoms with van der Waals surface area (Å²) in [5, 5.41) is 12.8. The highest BCUT2D eigenvalue weighted by molar-refractivity contribution is 5.69. The maximum absolute atomic E-state index is 11.0. The molecule has 4 heteroatoms. The highest BCUT2D eigenvalue weighted by Crippen LogP contribution is 2.35. The zero-order valence-corrected chi connectivity index (χ0v) is 13.3. The molecule has 2 N–H and O–H groups in total. The maximum atomic E-state index is 11.0. The minimum absolute atomic E-state index is 0.227. The van der Waals surface area contributed by atoms with E-state index in [1.54, 1.807) is 0 Å². The second kappa shape index (κ2) is 6.66. The molecule has 1 atom stereocenters. The lowest BCUT2D eigenvalue weighted by Crippen LogP contribution is -2.55. The molecular formula is C17H30N2O2. The highest BCUT2D eigenvalue weighted by atomic mass is 16.4. The quantitative estimate of drug-likeness (QED) is 0.650. The molecule has 0 aromatic heterocycles. The molecule has 0 heterocycles. The molecule has 0 spiro atoms. The van der Waals surface area contributed by atoms with Crippen molar-refractivity contribution in [2.45, 2.75) is 76.4 Å². The molecule has 3 fully saturated rings. The fourth-order valence-electron chi connectivity index (χ4n) is 3.55. The fourth-order valence-corrected chi connectivity index (χ4v) is 3.55. The zero-order valence-electron chi connectivity index (χ0n) is 13.3. The monoisotopic (exact) mass is 294 g/mol. The first-order valence-electron chi connectivity index (χ1n) is 8.82. The molecule has 0 aromatic carbocycles. The Morgan fingerprint density at radius 2 is 1.90 bits per heavy atom. The highest BCUT2D eigenvalue weighted by Gasteiger charge is 2.37. The molecular weight excluding hydrogens is 264 g/mol. The number of nitrogens with one attached hydrogen (secondary N) is 1. The van der Waals surface area contributed by atoms with Gasteiger partial charge in [0, 0.05) is 24.7 Å². The van der Waals surface area contributed by atoms with Crippen molar-refractivity contribution >= 4 is 5.97 Å².